The zero-order valence-corrected chi connectivity index (χ0v) is 11.9. The number of carbonyl (C=O) groups excluding carboxylic acids is 1. The minimum Gasteiger partial charge on any atom is -0.481 e. The number of carboxylic acid groups (broad SMARTS) is 1. The minimum atomic E-state index is -0.848. The fourth-order valence-corrected chi connectivity index (χ4v) is 2.89. The maximum absolute atomic E-state index is 12.8. The van der Waals surface area contributed by atoms with Crippen LogP contribution in [0.5, 0.6) is 0 Å². The van der Waals surface area contributed by atoms with Crippen molar-refractivity contribution in [3.8, 4) is 0 Å². The van der Waals surface area contributed by atoms with E-state index >= 15 is 0 Å². The first-order chi connectivity index (χ1) is 10.1. The summed E-state index contributed by atoms with van der Waals surface area (Å²) in [6.45, 7) is 2.52. The van der Waals surface area contributed by atoms with Crippen molar-refractivity contribution in [1.29, 1.82) is 0 Å². The Balaban J connectivity index is 1.70. The maximum Gasteiger partial charge on any atom is 0.309 e. The molecule has 1 aliphatic carbocycles. The molecule has 21 heavy (non-hydrogen) atoms. The average molecular weight is 292 g/mol. The lowest BCUT2D eigenvalue weighted by atomic mass is 10.0. The molecule has 1 atom stereocenters. The van der Waals surface area contributed by atoms with Gasteiger partial charge in [-0.3, -0.25) is 14.3 Å². The van der Waals surface area contributed by atoms with Crippen molar-refractivity contribution in [3.63, 3.8) is 0 Å². The van der Waals surface area contributed by atoms with Gasteiger partial charge in [-0.1, -0.05) is 0 Å². The van der Waals surface area contributed by atoms with E-state index in [-0.39, 0.29) is 11.3 Å². The van der Waals surface area contributed by atoms with Crippen LogP contribution in [0.2, 0.25) is 0 Å². The highest BCUT2D eigenvalue weighted by molar-refractivity contribution is 5.86. The molecule has 1 saturated heterocycles. The van der Waals surface area contributed by atoms with Gasteiger partial charge in [0.15, 0.2) is 0 Å². The molecule has 0 radical (unpaired) electrons. The number of aliphatic carboxylic acids is 1. The molecule has 1 aromatic heterocycles. The van der Waals surface area contributed by atoms with E-state index in [1.165, 1.54) is 0 Å². The van der Waals surface area contributed by atoms with Gasteiger partial charge in [-0.25, -0.2) is 0 Å². The van der Waals surface area contributed by atoms with E-state index in [1.807, 2.05) is 12.3 Å². The number of nitrogens with zero attached hydrogens (tertiary/aromatic N) is 3. The Bertz CT molecular complexity index is 524. The van der Waals surface area contributed by atoms with Gasteiger partial charge in [0.05, 0.1) is 17.9 Å². The van der Waals surface area contributed by atoms with E-state index in [0.29, 0.717) is 32.7 Å². The lowest BCUT2D eigenvalue weighted by Gasteiger charge is -2.27. The standard InChI is InChI=1S/C14H20N4O3/c19-12(20)11-8-15-5-7-17(9-11)13(21)14(2-3-14)10-18-6-1-4-16-18/h1,4,6,11,15H,2-3,5,7-10H2,(H,19,20)/t11-/m1/s1. The monoisotopic (exact) mass is 292 g/mol. The summed E-state index contributed by atoms with van der Waals surface area (Å²) in [5.41, 5.74) is -0.376. The van der Waals surface area contributed by atoms with Crippen LogP contribution in [0.3, 0.4) is 0 Å². The van der Waals surface area contributed by atoms with E-state index < -0.39 is 11.9 Å². The summed E-state index contributed by atoms with van der Waals surface area (Å²) in [5.74, 6) is -1.30. The van der Waals surface area contributed by atoms with Crippen molar-refractivity contribution in [3.05, 3.63) is 18.5 Å². The molecule has 2 aliphatic rings. The number of carboxylic acids is 1. The predicted octanol–water partition coefficient (Wildman–Crippen LogP) is -0.204. The van der Waals surface area contributed by atoms with Gasteiger partial charge >= 0.3 is 5.97 Å². The summed E-state index contributed by atoms with van der Waals surface area (Å²) >= 11 is 0. The smallest absolute Gasteiger partial charge is 0.309 e. The quantitative estimate of drug-likeness (QED) is 0.802. The molecule has 0 spiro atoms. The number of rotatable bonds is 4. The third-order valence-corrected chi connectivity index (χ3v) is 4.36. The topological polar surface area (TPSA) is 87.5 Å². The zero-order valence-electron chi connectivity index (χ0n) is 11.9. The summed E-state index contributed by atoms with van der Waals surface area (Å²) in [6.07, 6.45) is 5.27. The summed E-state index contributed by atoms with van der Waals surface area (Å²) in [7, 11) is 0. The van der Waals surface area contributed by atoms with Crippen LogP contribution in [-0.2, 0) is 16.1 Å². The van der Waals surface area contributed by atoms with E-state index in [2.05, 4.69) is 10.4 Å². The Morgan fingerprint density at radius 1 is 1.43 bits per heavy atom. The average Bonchev–Trinajstić information content (AvgIpc) is 3.14. The molecule has 0 aromatic carbocycles. The minimum absolute atomic E-state index is 0.0768. The molecule has 1 aromatic rings. The number of nitrogens with one attached hydrogen (secondary N) is 1. The van der Waals surface area contributed by atoms with Crippen LogP contribution in [0.1, 0.15) is 12.8 Å². The summed E-state index contributed by atoms with van der Waals surface area (Å²) < 4.78 is 1.79. The van der Waals surface area contributed by atoms with E-state index in [9.17, 15) is 14.7 Å². The van der Waals surface area contributed by atoms with Gasteiger partial charge in [-0.2, -0.15) is 5.10 Å². The molecule has 7 nitrogen and oxygen atoms in total. The Kier molecular flexibility index (Phi) is 3.67. The Morgan fingerprint density at radius 3 is 2.86 bits per heavy atom. The van der Waals surface area contributed by atoms with E-state index in [1.54, 1.807) is 15.8 Å². The molecular formula is C14H20N4O3. The molecule has 0 unspecified atom stereocenters. The highest BCUT2D eigenvalue weighted by Gasteiger charge is 2.52. The van der Waals surface area contributed by atoms with Crippen LogP contribution < -0.4 is 5.32 Å². The van der Waals surface area contributed by atoms with Crippen molar-refractivity contribution >= 4 is 11.9 Å². The molecule has 2 N–H and O–H groups in total. The normalized spacial score (nSPS) is 24.4. The first-order valence-corrected chi connectivity index (χ1v) is 7.31. The molecule has 1 aliphatic heterocycles. The third kappa shape index (κ3) is 2.92. The second-order valence-corrected chi connectivity index (χ2v) is 5.97. The highest BCUT2D eigenvalue weighted by atomic mass is 16.4. The molecule has 3 rings (SSSR count). The zero-order chi connectivity index (χ0) is 14.9. The Labute approximate surface area is 122 Å². The summed E-state index contributed by atoms with van der Waals surface area (Å²) in [5, 5.41) is 16.5. The number of hydrogen-bond donors (Lipinski definition) is 2. The Hall–Kier alpha value is -1.89. The lowest BCUT2D eigenvalue weighted by molar-refractivity contribution is -0.144. The summed E-state index contributed by atoms with van der Waals surface area (Å²) in [4.78, 5) is 25.7. The van der Waals surface area contributed by atoms with Crippen LogP contribution in [0, 0.1) is 11.3 Å². The first-order valence-electron chi connectivity index (χ1n) is 7.31. The van der Waals surface area contributed by atoms with E-state index in [4.69, 9.17) is 0 Å². The molecular weight excluding hydrogens is 272 g/mol. The molecule has 2 heterocycles. The van der Waals surface area contributed by atoms with Gasteiger partial charge in [-0.15, -0.1) is 0 Å². The van der Waals surface area contributed by atoms with Crippen LogP contribution in [0.15, 0.2) is 18.5 Å². The van der Waals surface area contributed by atoms with Crippen molar-refractivity contribution in [2.75, 3.05) is 26.2 Å². The highest BCUT2D eigenvalue weighted by Crippen LogP contribution is 2.48. The summed E-state index contributed by atoms with van der Waals surface area (Å²) in [6, 6.07) is 1.84. The van der Waals surface area contributed by atoms with Crippen molar-refractivity contribution in [1.82, 2.24) is 20.0 Å². The Morgan fingerprint density at radius 2 is 2.24 bits per heavy atom. The molecule has 1 saturated carbocycles. The van der Waals surface area contributed by atoms with Crippen LogP contribution >= 0.6 is 0 Å². The van der Waals surface area contributed by atoms with E-state index in [0.717, 1.165) is 12.8 Å². The van der Waals surface area contributed by atoms with Crippen LogP contribution in [0.4, 0.5) is 0 Å². The van der Waals surface area contributed by atoms with Gasteiger partial charge < -0.3 is 15.3 Å². The largest absolute Gasteiger partial charge is 0.481 e. The first kappa shape index (κ1) is 14.1. The fraction of sp³-hybridized carbons (Fsp3) is 0.643. The number of carbonyl (C=O) groups is 2. The van der Waals surface area contributed by atoms with Crippen LogP contribution in [-0.4, -0.2) is 57.8 Å². The number of aromatic nitrogens is 2. The second-order valence-electron chi connectivity index (χ2n) is 5.97. The molecule has 114 valence electrons. The predicted molar refractivity (Wildman–Crippen MR) is 74.5 cm³/mol. The van der Waals surface area contributed by atoms with Crippen LogP contribution in [0.25, 0.3) is 0 Å². The van der Waals surface area contributed by atoms with Gasteiger partial charge in [0.2, 0.25) is 5.91 Å². The van der Waals surface area contributed by atoms with Crippen molar-refractivity contribution in [2.45, 2.75) is 19.4 Å². The third-order valence-electron chi connectivity index (χ3n) is 4.36. The fourth-order valence-electron chi connectivity index (χ4n) is 2.89. The van der Waals surface area contributed by atoms with Gasteiger partial charge in [0.1, 0.15) is 0 Å². The molecule has 2 fully saturated rings. The molecule has 7 heteroatoms. The number of hydrogen-bond acceptors (Lipinski definition) is 4. The molecule has 1 amide bonds. The maximum atomic E-state index is 12.8. The SMILES string of the molecule is O=C(O)[C@@H]1CNCCN(C(=O)C2(Cn3cccn3)CC2)C1. The van der Waals surface area contributed by atoms with Crippen molar-refractivity contribution in [2.24, 2.45) is 11.3 Å². The second kappa shape index (κ2) is 5.48. The number of amides is 1. The lowest BCUT2D eigenvalue weighted by Crippen LogP contribution is -2.43. The van der Waals surface area contributed by atoms with Crippen molar-refractivity contribution < 1.29 is 14.7 Å². The van der Waals surface area contributed by atoms with Gasteiger partial charge in [0.25, 0.3) is 0 Å². The van der Waals surface area contributed by atoms with Gasteiger partial charge in [-0.05, 0) is 18.9 Å². The van der Waals surface area contributed by atoms with Gasteiger partial charge in [0, 0.05) is 38.6 Å². The molecule has 0 bridgehead atoms.